The molecule has 200 valence electrons. The molecule has 1 aliphatic heterocycles. The average molecular weight is 535 g/mol. The van der Waals surface area contributed by atoms with Crippen LogP contribution in [0.15, 0.2) is 84.5 Å². The van der Waals surface area contributed by atoms with Gasteiger partial charge in [-0.2, -0.15) is 0 Å². The first kappa shape index (κ1) is 25.4. The number of carbonyl (C=O) groups excluding carboxylic acids is 3. The van der Waals surface area contributed by atoms with Crippen molar-refractivity contribution in [2.45, 2.75) is 20.8 Å². The molecule has 8 heteroatoms. The number of hydrogen-bond donors (Lipinski definition) is 0. The fraction of sp³-hybridized carbons (Fsp3) is 0.219. The molecule has 2 aliphatic carbocycles. The SMILES string of the molecule is CC(=O)Oc1ccc(N2C(=O)[C@@H]3[C@H](C2=O)[C@H]2C=C[C@H]3C2=C(c2ccc(C)cc2)c2ccc(C)cc2)cc1[N+](=O)[O-]. The van der Waals surface area contributed by atoms with Crippen LogP contribution in [0.5, 0.6) is 5.75 Å². The van der Waals surface area contributed by atoms with Crippen LogP contribution in [0.2, 0.25) is 0 Å². The van der Waals surface area contributed by atoms with Gasteiger partial charge in [0.2, 0.25) is 17.6 Å². The molecule has 0 aromatic heterocycles. The van der Waals surface area contributed by atoms with Gasteiger partial charge >= 0.3 is 11.7 Å². The molecule has 3 aromatic rings. The van der Waals surface area contributed by atoms with Gasteiger partial charge in [-0.05, 0) is 48.3 Å². The molecule has 0 unspecified atom stereocenters. The maximum atomic E-state index is 13.9. The molecule has 4 atom stereocenters. The van der Waals surface area contributed by atoms with Gasteiger partial charge in [0.15, 0.2) is 0 Å². The summed E-state index contributed by atoms with van der Waals surface area (Å²) >= 11 is 0. The zero-order valence-corrected chi connectivity index (χ0v) is 22.2. The smallest absolute Gasteiger partial charge is 0.313 e. The van der Waals surface area contributed by atoms with E-state index in [4.69, 9.17) is 4.74 Å². The number of amides is 2. The van der Waals surface area contributed by atoms with Crippen LogP contribution in [0.1, 0.15) is 29.2 Å². The number of ether oxygens (including phenoxy) is 1. The molecule has 0 radical (unpaired) electrons. The third kappa shape index (κ3) is 3.95. The standard InChI is InChI=1S/C32H26N2O6/c1-17-4-8-20(9-5-17)27(21-10-6-18(2)7-11-21)28-23-13-14-24(28)30-29(23)31(36)33(32(30)37)22-12-15-26(40-19(3)35)25(16-22)34(38)39/h4-16,23-24,29-30H,1-3H3/t23-,24-,29-,30+/m0/s1. The molecule has 3 aliphatic rings. The number of fused-ring (bicyclic) bond motifs is 5. The van der Waals surface area contributed by atoms with E-state index in [2.05, 4.69) is 48.5 Å². The number of benzene rings is 3. The van der Waals surface area contributed by atoms with Crippen molar-refractivity contribution >= 4 is 34.7 Å². The van der Waals surface area contributed by atoms with E-state index in [1.807, 2.05) is 26.0 Å². The number of esters is 1. The van der Waals surface area contributed by atoms with Gasteiger partial charge in [0.05, 0.1) is 22.4 Å². The largest absolute Gasteiger partial charge is 0.419 e. The van der Waals surface area contributed by atoms with Crippen LogP contribution in [-0.4, -0.2) is 22.7 Å². The monoisotopic (exact) mass is 534 g/mol. The fourth-order valence-corrected chi connectivity index (χ4v) is 6.32. The first-order chi connectivity index (χ1) is 19.2. The molecule has 1 saturated heterocycles. The molecule has 1 heterocycles. The van der Waals surface area contributed by atoms with Crippen LogP contribution in [0.25, 0.3) is 5.57 Å². The second-order valence-corrected chi connectivity index (χ2v) is 10.6. The summed E-state index contributed by atoms with van der Waals surface area (Å²) in [5.41, 5.74) is 6.01. The molecule has 6 rings (SSSR count). The normalized spacial score (nSPS) is 22.6. The maximum absolute atomic E-state index is 13.9. The van der Waals surface area contributed by atoms with E-state index in [1.54, 1.807) is 0 Å². The zero-order chi connectivity index (χ0) is 28.3. The van der Waals surface area contributed by atoms with E-state index < -0.39 is 28.4 Å². The number of nitrogens with zero attached hydrogens (tertiary/aromatic N) is 2. The Morgan fingerprint density at radius 1 is 0.825 bits per heavy atom. The highest BCUT2D eigenvalue weighted by Gasteiger charge is 2.62. The van der Waals surface area contributed by atoms with Gasteiger partial charge < -0.3 is 4.74 Å². The molecule has 1 saturated carbocycles. The van der Waals surface area contributed by atoms with E-state index in [1.165, 1.54) is 12.1 Å². The Morgan fingerprint density at radius 3 is 1.77 bits per heavy atom. The Labute approximate surface area is 230 Å². The molecule has 2 bridgehead atoms. The number of allylic oxidation sites excluding steroid dienone is 3. The van der Waals surface area contributed by atoms with Crippen LogP contribution >= 0.6 is 0 Å². The lowest BCUT2D eigenvalue weighted by Gasteiger charge is -2.22. The third-order valence-electron chi connectivity index (χ3n) is 8.04. The van der Waals surface area contributed by atoms with Gasteiger partial charge in [0.25, 0.3) is 0 Å². The Morgan fingerprint density at radius 2 is 1.32 bits per heavy atom. The van der Waals surface area contributed by atoms with Crippen molar-refractivity contribution in [3.63, 3.8) is 0 Å². The quantitative estimate of drug-likeness (QED) is 0.106. The molecule has 40 heavy (non-hydrogen) atoms. The van der Waals surface area contributed by atoms with E-state index in [0.717, 1.165) is 51.3 Å². The first-order valence-electron chi connectivity index (χ1n) is 13.1. The van der Waals surface area contributed by atoms with Gasteiger partial charge in [-0.25, -0.2) is 4.90 Å². The van der Waals surface area contributed by atoms with Crippen molar-refractivity contribution in [2.75, 3.05) is 4.90 Å². The highest BCUT2D eigenvalue weighted by atomic mass is 16.6. The van der Waals surface area contributed by atoms with Crippen molar-refractivity contribution in [1.82, 2.24) is 0 Å². The number of carbonyl (C=O) groups is 3. The summed E-state index contributed by atoms with van der Waals surface area (Å²) < 4.78 is 4.95. The molecular weight excluding hydrogens is 508 g/mol. The molecule has 2 fully saturated rings. The highest BCUT2D eigenvalue weighted by Crippen LogP contribution is 2.59. The Balaban J connectivity index is 1.43. The Hall–Kier alpha value is -4.85. The predicted molar refractivity (Wildman–Crippen MR) is 148 cm³/mol. The van der Waals surface area contributed by atoms with E-state index in [0.29, 0.717) is 0 Å². The summed E-state index contributed by atoms with van der Waals surface area (Å²) in [7, 11) is 0. The van der Waals surface area contributed by atoms with Crippen LogP contribution in [0, 0.1) is 47.6 Å². The summed E-state index contributed by atoms with van der Waals surface area (Å²) in [6, 6.07) is 20.3. The van der Waals surface area contributed by atoms with Gasteiger partial charge in [-0.1, -0.05) is 71.8 Å². The minimum absolute atomic E-state index is 0.0919. The number of hydrogen-bond acceptors (Lipinski definition) is 6. The molecule has 2 amide bonds. The predicted octanol–water partition coefficient (Wildman–Crippen LogP) is 5.56. The van der Waals surface area contributed by atoms with Crippen LogP contribution < -0.4 is 9.64 Å². The topological polar surface area (TPSA) is 107 Å². The number of imide groups is 1. The van der Waals surface area contributed by atoms with Gasteiger partial charge in [0.1, 0.15) is 0 Å². The summed E-state index contributed by atoms with van der Waals surface area (Å²) in [5.74, 6) is -3.47. The van der Waals surface area contributed by atoms with Crippen LogP contribution in [0.3, 0.4) is 0 Å². The molecular formula is C32H26N2O6. The number of anilines is 1. The second-order valence-electron chi connectivity index (χ2n) is 10.6. The minimum Gasteiger partial charge on any atom is -0.419 e. The summed E-state index contributed by atoms with van der Waals surface area (Å²) in [6.07, 6.45) is 4.04. The highest BCUT2D eigenvalue weighted by molar-refractivity contribution is 6.23. The zero-order valence-electron chi connectivity index (χ0n) is 22.2. The third-order valence-corrected chi connectivity index (χ3v) is 8.04. The molecule has 8 nitrogen and oxygen atoms in total. The molecule has 0 spiro atoms. The number of nitro groups is 1. The molecule has 0 N–H and O–H groups in total. The lowest BCUT2D eigenvalue weighted by atomic mass is 9.85. The first-order valence-corrected chi connectivity index (χ1v) is 13.1. The fourth-order valence-electron chi connectivity index (χ4n) is 6.32. The van der Waals surface area contributed by atoms with E-state index in [-0.39, 0.29) is 35.1 Å². The van der Waals surface area contributed by atoms with E-state index >= 15 is 0 Å². The minimum atomic E-state index is -0.710. The van der Waals surface area contributed by atoms with Crippen molar-refractivity contribution in [1.29, 1.82) is 0 Å². The van der Waals surface area contributed by atoms with Crippen molar-refractivity contribution in [3.8, 4) is 5.75 Å². The number of rotatable bonds is 5. The van der Waals surface area contributed by atoms with Crippen LogP contribution in [-0.2, 0) is 14.4 Å². The number of aryl methyl sites for hydroxylation is 2. The second kappa shape index (κ2) is 9.41. The van der Waals surface area contributed by atoms with Gasteiger partial charge in [0, 0.05) is 24.8 Å². The van der Waals surface area contributed by atoms with Crippen molar-refractivity contribution in [2.24, 2.45) is 23.7 Å². The summed E-state index contributed by atoms with van der Waals surface area (Å²) in [4.78, 5) is 51.1. The lowest BCUT2D eigenvalue weighted by molar-refractivity contribution is -0.385. The Bertz CT molecular complexity index is 1570. The van der Waals surface area contributed by atoms with E-state index in [9.17, 15) is 24.5 Å². The van der Waals surface area contributed by atoms with Crippen molar-refractivity contribution < 1.29 is 24.0 Å². The van der Waals surface area contributed by atoms with Crippen molar-refractivity contribution in [3.05, 3.63) is 117 Å². The molecule has 3 aromatic carbocycles. The average Bonchev–Trinajstić information content (AvgIpc) is 3.55. The Kier molecular flexibility index (Phi) is 5.98. The number of nitro benzene ring substituents is 1. The maximum Gasteiger partial charge on any atom is 0.313 e. The lowest BCUT2D eigenvalue weighted by Crippen LogP contribution is -2.33. The van der Waals surface area contributed by atoms with Gasteiger partial charge in [-0.15, -0.1) is 0 Å². The van der Waals surface area contributed by atoms with Crippen LogP contribution in [0.4, 0.5) is 11.4 Å². The summed E-state index contributed by atoms with van der Waals surface area (Å²) in [5, 5.41) is 11.7. The van der Waals surface area contributed by atoms with Gasteiger partial charge in [-0.3, -0.25) is 24.5 Å². The summed E-state index contributed by atoms with van der Waals surface area (Å²) in [6.45, 7) is 5.20.